The highest BCUT2D eigenvalue weighted by atomic mass is 16.7. The van der Waals surface area contributed by atoms with Crippen molar-refractivity contribution < 1.29 is 14.6 Å². The minimum absolute atomic E-state index is 0.223. The molecule has 2 rings (SSSR count). The zero-order chi connectivity index (χ0) is 15.7. The van der Waals surface area contributed by atoms with Crippen LogP contribution in [0, 0.1) is 0 Å². The lowest BCUT2D eigenvalue weighted by Gasteiger charge is -2.36. The number of hydrogen-bond acceptors (Lipinski definition) is 3. The monoisotopic (exact) mass is 306 g/mol. The Kier molecular flexibility index (Phi) is 7.20. The van der Waals surface area contributed by atoms with Crippen LogP contribution in [0.2, 0.25) is 0 Å². The minimum atomic E-state index is -1.06. The van der Waals surface area contributed by atoms with Crippen molar-refractivity contribution in [2.24, 2.45) is 0 Å². The average molecular weight is 306 g/mol. The van der Waals surface area contributed by atoms with Crippen LogP contribution < -0.4 is 4.74 Å². The Morgan fingerprint density at radius 1 is 1.09 bits per heavy atom. The molecule has 1 aliphatic rings. The number of hydrogen-bond donors (Lipinski definition) is 1. The van der Waals surface area contributed by atoms with E-state index in [0.29, 0.717) is 13.0 Å². The van der Waals surface area contributed by atoms with Crippen LogP contribution in [-0.2, 0) is 11.2 Å². The molecule has 1 N–H and O–H groups in total. The Hall–Kier alpha value is -1.06. The molecule has 0 bridgehead atoms. The number of unbranched alkanes of at least 4 members (excludes halogenated alkanes) is 6. The molecule has 0 amide bonds. The quantitative estimate of drug-likeness (QED) is 0.613. The van der Waals surface area contributed by atoms with E-state index in [-0.39, 0.29) is 6.61 Å². The van der Waals surface area contributed by atoms with Crippen LogP contribution in [-0.4, -0.2) is 24.1 Å². The predicted molar refractivity (Wildman–Crippen MR) is 89.2 cm³/mol. The highest BCUT2D eigenvalue weighted by molar-refractivity contribution is 5.33. The molecular formula is C19H30O3. The third-order valence-corrected chi connectivity index (χ3v) is 4.34. The van der Waals surface area contributed by atoms with Gasteiger partial charge in [0.1, 0.15) is 12.4 Å². The van der Waals surface area contributed by atoms with Crippen LogP contribution in [0.5, 0.6) is 5.75 Å². The third kappa shape index (κ3) is 5.62. The Bertz CT molecular complexity index is 426. The maximum Gasteiger partial charge on any atom is 0.202 e. The number of aryl methyl sites for hydroxylation is 1. The molecule has 0 saturated carbocycles. The first-order chi connectivity index (χ1) is 10.7. The van der Waals surface area contributed by atoms with E-state index in [2.05, 4.69) is 19.1 Å². The second-order valence-electron chi connectivity index (χ2n) is 6.31. The Morgan fingerprint density at radius 3 is 2.45 bits per heavy atom. The average Bonchev–Trinajstić information content (AvgIpc) is 2.51. The molecule has 1 heterocycles. The predicted octanol–water partition coefficient (Wildman–Crippen LogP) is 4.47. The summed E-state index contributed by atoms with van der Waals surface area (Å²) in [5.74, 6) is -0.177. The van der Waals surface area contributed by atoms with Gasteiger partial charge in [-0.1, -0.05) is 63.6 Å². The van der Waals surface area contributed by atoms with E-state index in [9.17, 15) is 5.11 Å². The van der Waals surface area contributed by atoms with Crippen LogP contribution in [0.1, 0.15) is 63.9 Å². The zero-order valence-corrected chi connectivity index (χ0v) is 13.9. The van der Waals surface area contributed by atoms with Gasteiger partial charge in [0.2, 0.25) is 5.79 Å². The van der Waals surface area contributed by atoms with Crippen molar-refractivity contribution in [3.63, 3.8) is 0 Å². The number of ether oxygens (including phenoxy) is 2. The van der Waals surface area contributed by atoms with Gasteiger partial charge in [-0.15, -0.1) is 0 Å². The molecule has 1 unspecified atom stereocenters. The fraction of sp³-hybridized carbons (Fsp3) is 0.684. The van der Waals surface area contributed by atoms with E-state index in [1.165, 1.54) is 50.5 Å². The molecule has 3 nitrogen and oxygen atoms in total. The summed E-state index contributed by atoms with van der Waals surface area (Å²) in [7, 11) is 0. The maximum absolute atomic E-state index is 9.93. The third-order valence-electron chi connectivity index (χ3n) is 4.34. The molecule has 22 heavy (non-hydrogen) atoms. The van der Waals surface area contributed by atoms with Gasteiger partial charge in [0, 0.05) is 6.42 Å². The van der Waals surface area contributed by atoms with Crippen molar-refractivity contribution in [2.75, 3.05) is 13.2 Å². The molecule has 0 aromatic heterocycles. The van der Waals surface area contributed by atoms with Gasteiger partial charge in [-0.25, -0.2) is 0 Å². The van der Waals surface area contributed by atoms with Gasteiger partial charge in [0.05, 0.1) is 6.61 Å². The van der Waals surface area contributed by atoms with E-state index < -0.39 is 5.79 Å². The molecule has 3 heteroatoms. The fourth-order valence-corrected chi connectivity index (χ4v) is 2.77. The molecule has 1 aliphatic heterocycles. The summed E-state index contributed by atoms with van der Waals surface area (Å²) in [5.41, 5.74) is 1.24. The van der Waals surface area contributed by atoms with Crippen LogP contribution in [0.25, 0.3) is 0 Å². The van der Waals surface area contributed by atoms with Crippen molar-refractivity contribution in [3.05, 3.63) is 29.8 Å². The molecular weight excluding hydrogens is 276 g/mol. The van der Waals surface area contributed by atoms with Crippen molar-refractivity contribution >= 4 is 0 Å². The van der Waals surface area contributed by atoms with Gasteiger partial charge < -0.3 is 14.6 Å². The number of aliphatic hydroxyl groups is 1. The zero-order valence-electron chi connectivity index (χ0n) is 13.9. The molecule has 1 fully saturated rings. The maximum atomic E-state index is 9.93. The highest BCUT2D eigenvalue weighted by Crippen LogP contribution is 2.26. The second-order valence-corrected chi connectivity index (χ2v) is 6.31. The largest absolute Gasteiger partial charge is 0.488 e. The lowest BCUT2D eigenvalue weighted by atomic mass is 10.0. The van der Waals surface area contributed by atoms with E-state index in [1.54, 1.807) is 0 Å². The SMILES string of the molecule is CCCCCCCCCc1ccccc1OCC1(O)CCO1. The van der Waals surface area contributed by atoms with Crippen molar-refractivity contribution in [3.8, 4) is 5.75 Å². The highest BCUT2D eigenvalue weighted by Gasteiger charge is 2.36. The molecule has 1 saturated heterocycles. The molecule has 1 atom stereocenters. The van der Waals surface area contributed by atoms with E-state index >= 15 is 0 Å². The summed E-state index contributed by atoms with van der Waals surface area (Å²) in [4.78, 5) is 0. The van der Waals surface area contributed by atoms with Crippen LogP contribution in [0.15, 0.2) is 24.3 Å². The standard InChI is InChI=1S/C19H30O3/c1-2-3-4-5-6-7-8-11-17-12-9-10-13-18(17)21-16-19(20)14-15-22-19/h9-10,12-13,20H,2-8,11,14-16H2,1H3. The van der Waals surface area contributed by atoms with Gasteiger partial charge in [-0.2, -0.15) is 0 Å². The van der Waals surface area contributed by atoms with Gasteiger partial charge in [0.15, 0.2) is 0 Å². The normalized spacial score (nSPS) is 20.6. The molecule has 1 aromatic rings. The summed E-state index contributed by atoms with van der Waals surface area (Å²) in [6.07, 6.45) is 10.9. The van der Waals surface area contributed by atoms with E-state index in [0.717, 1.165) is 12.2 Å². The van der Waals surface area contributed by atoms with Crippen molar-refractivity contribution in [1.29, 1.82) is 0 Å². The van der Waals surface area contributed by atoms with Crippen LogP contribution >= 0.6 is 0 Å². The fourth-order valence-electron chi connectivity index (χ4n) is 2.77. The van der Waals surface area contributed by atoms with Gasteiger partial charge in [-0.3, -0.25) is 0 Å². The minimum Gasteiger partial charge on any atom is -0.488 e. The van der Waals surface area contributed by atoms with Crippen LogP contribution in [0.3, 0.4) is 0 Å². The number of para-hydroxylation sites is 1. The number of benzene rings is 1. The molecule has 0 aliphatic carbocycles. The Morgan fingerprint density at radius 2 is 1.77 bits per heavy atom. The van der Waals surface area contributed by atoms with Crippen LogP contribution in [0.4, 0.5) is 0 Å². The second kappa shape index (κ2) is 9.16. The smallest absolute Gasteiger partial charge is 0.202 e. The van der Waals surface area contributed by atoms with Gasteiger partial charge in [0.25, 0.3) is 0 Å². The molecule has 0 spiro atoms. The first kappa shape index (κ1) is 17.3. The van der Waals surface area contributed by atoms with Gasteiger partial charge in [-0.05, 0) is 24.5 Å². The lowest BCUT2D eigenvalue weighted by molar-refractivity contribution is -0.292. The molecule has 124 valence electrons. The molecule has 0 radical (unpaired) electrons. The lowest BCUT2D eigenvalue weighted by Crippen LogP contribution is -2.48. The summed E-state index contributed by atoms with van der Waals surface area (Å²) in [6.45, 7) is 3.10. The molecule has 1 aromatic carbocycles. The van der Waals surface area contributed by atoms with Gasteiger partial charge >= 0.3 is 0 Å². The summed E-state index contributed by atoms with van der Waals surface area (Å²) in [6, 6.07) is 8.14. The number of rotatable bonds is 11. The topological polar surface area (TPSA) is 38.7 Å². The first-order valence-corrected chi connectivity index (χ1v) is 8.80. The Labute approximate surface area is 134 Å². The van der Waals surface area contributed by atoms with Crippen molar-refractivity contribution in [2.45, 2.75) is 70.5 Å². The van der Waals surface area contributed by atoms with E-state index in [4.69, 9.17) is 9.47 Å². The first-order valence-electron chi connectivity index (χ1n) is 8.80. The summed E-state index contributed by atoms with van der Waals surface area (Å²) < 4.78 is 10.9. The summed E-state index contributed by atoms with van der Waals surface area (Å²) >= 11 is 0. The Balaban J connectivity index is 1.69. The van der Waals surface area contributed by atoms with Crippen molar-refractivity contribution in [1.82, 2.24) is 0 Å². The van der Waals surface area contributed by atoms with E-state index in [1.807, 2.05) is 12.1 Å². The summed E-state index contributed by atoms with van der Waals surface area (Å²) in [5, 5.41) is 9.93.